The first-order valence-corrected chi connectivity index (χ1v) is 10.8. The zero-order valence-electron chi connectivity index (χ0n) is 15.6. The number of sulfonamides is 1. The SMILES string of the molecule is CCS(=O)(=O)NCCCNC(=NC)NC1CCN(c2ncccc2Cl)C1.I. The van der Waals surface area contributed by atoms with E-state index in [0.717, 1.165) is 25.3 Å². The van der Waals surface area contributed by atoms with Gasteiger partial charge in [0.15, 0.2) is 5.96 Å². The maximum absolute atomic E-state index is 11.4. The maximum atomic E-state index is 11.4. The molecule has 0 saturated carbocycles. The largest absolute Gasteiger partial charge is 0.356 e. The molecule has 0 spiro atoms. The van der Waals surface area contributed by atoms with E-state index in [2.05, 4.69) is 30.2 Å². The van der Waals surface area contributed by atoms with Crippen LogP contribution in [-0.2, 0) is 10.0 Å². The summed E-state index contributed by atoms with van der Waals surface area (Å²) in [5, 5.41) is 7.26. The Hall–Kier alpha value is -0.850. The lowest BCUT2D eigenvalue weighted by atomic mass is 10.3. The molecule has 1 aliphatic rings. The number of guanidine groups is 1. The fourth-order valence-electron chi connectivity index (χ4n) is 2.69. The molecular weight excluding hydrogens is 503 g/mol. The second-order valence-corrected chi connectivity index (χ2v) is 8.54. The van der Waals surface area contributed by atoms with Gasteiger partial charge in [0.25, 0.3) is 0 Å². The van der Waals surface area contributed by atoms with E-state index in [1.165, 1.54) is 0 Å². The molecule has 0 aromatic carbocycles. The van der Waals surface area contributed by atoms with Crippen LogP contribution in [0.2, 0.25) is 5.02 Å². The number of hydrogen-bond acceptors (Lipinski definition) is 5. The topological polar surface area (TPSA) is 98.7 Å². The first-order chi connectivity index (χ1) is 12.4. The maximum Gasteiger partial charge on any atom is 0.211 e. The fraction of sp³-hybridized carbons (Fsp3) is 0.625. The first-order valence-electron chi connectivity index (χ1n) is 8.75. The van der Waals surface area contributed by atoms with Crippen molar-refractivity contribution in [3.63, 3.8) is 0 Å². The third-order valence-electron chi connectivity index (χ3n) is 4.14. The highest BCUT2D eigenvalue weighted by molar-refractivity contribution is 14.0. The Morgan fingerprint density at radius 3 is 2.89 bits per heavy atom. The Labute approximate surface area is 183 Å². The van der Waals surface area contributed by atoms with Crippen LogP contribution in [0.3, 0.4) is 0 Å². The van der Waals surface area contributed by atoms with Crippen molar-refractivity contribution in [2.24, 2.45) is 4.99 Å². The minimum Gasteiger partial charge on any atom is -0.356 e. The lowest BCUT2D eigenvalue weighted by molar-refractivity contribution is 0.579. The third kappa shape index (κ3) is 7.96. The van der Waals surface area contributed by atoms with Gasteiger partial charge in [0.2, 0.25) is 10.0 Å². The van der Waals surface area contributed by atoms with E-state index in [9.17, 15) is 8.42 Å². The van der Waals surface area contributed by atoms with Crippen LogP contribution < -0.4 is 20.3 Å². The highest BCUT2D eigenvalue weighted by Crippen LogP contribution is 2.25. The Morgan fingerprint density at radius 1 is 1.44 bits per heavy atom. The van der Waals surface area contributed by atoms with Crippen molar-refractivity contribution in [3.05, 3.63) is 23.4 Å². The molecule has 0 bridgehead atoms. The average Bonchev–Trinajstić information content (AvgIpc) is 3.09. The van der Waals surface area contributed by atoms with E-state index in [1.54, 1.807) is 20.2 Å². The highest BCUT2D eigenvalue weighted by atomic mass is 127. The average molecular weight is 531 g/mol. The molecule has 3 N–H and O–H groups in total. The molecule has 1 aromatic heterocycles. The zero-order valence-corrected chi connectivity index (χ0v) is 19.5. The standard InChI is InChI=1S/C16H27ClN6O2S.HI/c1-3-26(24,25)21-10-5-9-20-16(18-2)22-13-7-11-23(12-13)15-14(17)6-4-8-19-15;/h4,6,8,13,21H,3,5,7,9-12H2,1-2H3,(H2,18,20,22);1H. The van der Waals surface area contributed by atoms with E-state index in [4.69, 9.17) is 11.6 Å². The Morgan fingerprint density at radius 2 is 2.22 bits per heavy atom. The molecule has 1 atom stereocenters. The molecular formula is C16H28ClIN6O2S. The predicted octanol–water partition coefficient (Wildman–Crippen LogP) is 1.43. The Bertz CT molecular complexity index is 719. The van der Waals surface area contributed by atoms with Crippen molar-refractivity contribution < 1.29 is 8.42 Å². The van der Waals surface area contributed by atoms with Gasteiger partial charge in [-0.25, -0.2) is 18.1 Å². The molecule has 27 heavy (non-hydrogen) atoms. The number of pyridine rings is 1. The van der Waals surface area contributed by atoms with Crippen molar-refractivity contribution >= 4 is 57.4 Å². The summed E-state index contributed by atoms with van der Waals surface area (Å²) >= 11 is 6.22. The van der Waals surface area contributed by atoms with Gasteiger partial charge < -0.3 is 15.5 Å². The highest BCUT2D eigenvalue weighted by Gasteiger charge is 2.25. The number of anilines is 1. The molecule has 11 heteroatoms. The lowest BCUT2D eigenvalue weighted by Crippen LogP contribution is -2.45. The van der Waals surface area contributed by atoms with Crippen LogP contribution in [0.1, 0.15) is 19.8 Å². The predicted molar refractivity (Wildman–Crippen MR) is 122 cm³/mol. The van der Waals surface area contributed by atoms with Crippen molar-refractivity contribution in [2.45, 2.75) is 25.8 Å². The van der Waals surface area contributed by atoms with Crippen LogP contribution in [0.4, 0.5) is 5.82 Å². The van der Waals surface area contributed by atoms with Crippen LogP contribution >= 0.6 is 35.6 Å². The van der Waals surface area contributed by atoms with E-state index >= 15 is 0 Å². The summed E-state index contributed by atoms with van der Waals surface area (Å²) in [6, 6.07) is 3.92. The molecule has 1 saturated heterocycles. The molecule has 2 rings (SSSR count). The van der Waals surface area contributed by atoms with Crippen molar-refractivity contribution in [3.8, 4) is 0 Å². The summed E-state index contributed by atoms with van der Waals surface area (Å²) in [6.07, 6.45) is 3.39. The third-order valence-corrected chi connectivity index (χ3v) is 5.84. The van der Waals surface area contributed by atoms with E-state index in [-0.39, 0.29) is 35.8 Å². The fourth-order valence-corrected chi connectivity index (χ4v) is 3.59. The molecule has 1 aromatic rings. The Balaban J connectivity index is 0.00000364. The lowest BCUT2D eigenvalue weighted by Gasteiger charge is -2.20. The Kier molecular flexibility index (Phi) is 10.6. The first kappa shape index (κ1) is 24.2. The minimum atomic E-state index is -3.13. The number of rotatable bonds is 8. The smallest absolute Gasteiger partial charge is 0.211 e. The van der Waals surface area contributed by atoms with Gasteiger partial charge in [0, 0.05) is 45.5 Å². The number of aliphatic imine (C=N–C) groups is 1. The second-order valence-electron chi connectivity index (χ2n) is 6.04. The number of nitrogens with one attached hydrogen (secondary N) is 3. The number of nitrogens with zero attached hydrogens (tertiary/aromatic N) is 3. The van der Waals surface area contributed by atoms with Gasteiger partial charge in [-0.15, -0.1) is 24.0 Å². The molecule has 0 amide bonds. The molecule has 1 aliphatic heterocycles. The van der Waals surface area contributed by atoms with Gasteiger partial charge in [-0.05, 0) is 31.9 Å². The number of halogens is 2. The normalized spacial score (nSPS) is 17.5. The summed E-state index contributed by atoms with van der Waals surface area (Å²) in [5.74, 6) is 1.62. The van der Waals surface area contributed by atoms with Crippen LogP contribution in [0.15, 0.2) is 23.3 Å². The van der Waals surface area contributed by atoms with E-state index < -0.39 is 10.0 Å². The van der Waals surface area contributed by atoms with Gasteiger partial charge in [0.1, 0.15) is 5.82 Å². The van der Waals surface area contributed by atoms with Gasteiger partial charge in [-0.3, -0.25) is 4.99 Å². The molecule has 0 radical (unpaired) electrons. The van der Waals surface area contributed by atoms with Gasteiger partial charge in [-0.2, -0.15) is 0 Å². The zero-order chi connectivity index (χ0) is 19.0. The molecule has 154 valence electrons. The summed E-state index contributed by atoms with van der Waals surface area (Å²) in [7, 11) is -1.41. The summed E-state index contributed by atoms with van der Waals surface area (Å²) < 4.78 is 25.3. The van der Waals surface area contributed by atoms with Crippen LogP contribution in [0.25, 0.3) is 0 Å². The van der Waals surface area contributed by atoms with Crippen molar-refractivity contribution in [2.75, 3.05) is 43.9 Å². The van der Waals surface area contributed by atoms with Crippen LogP contribution in [0, 0.1) is 0 Å². The molecule has 1 fully saturated rings. The minimum absolute atomic E-state index is 0. The second kappa shape index (κ2) is 11.9. The van der Waals surface area contributed by atoms with Gasteiger partial charge in [0.05, 0.1) is 10.8 Å². The van der Waals surface area contributed by atoms with Crippen molar-refractivity contribution in [1.82, 2.24) is 20.3 Å². The molecule has 2 heterocycles. The van der Waals surface area contributed by atoms with Crippen LogP contribution in [0.5, 0.6) is 0 Å². The monoisotopic (exact) mass is 530 g/mol. The summed E-state index contributed by atoms with van der Waals surface area (Å²) in [4.78, 5) is 10.7. The van der Waals surface area contributed by atoms with Gasteiger partial charge in [-0.1, -0.05) is 11.6 Å². The van der Waals surface area contributed by atoms with Crippen molar-refractivity contribution in [1.29, 1.82) is 0 Å². The number of hydrogen-bond donors (Lipinski definition) is 3. The van der Waals surface area contributed by atoms with Crippen LogP contribution in [-0.4, -0.2) is 64.4 Å². The molecule has 1 unspecified atom stereocenters. The number of aromatic nitrogens is 1. The van der Waals surface area contributed by atoms with E-state index in [0.29, 0.717) is 30.5 Å². The molecule has 8 nitrogen and oxygen atoms in total. The van der Waals surface area contributed by atoms with Gasteiger partial charge >= 0.3 is 0 Å². The summed E-state index contributed by atoms with van der Waals surface area (Å²) in [6.45, 7) is 4.34. The summed E-state index contributed by atoms with van der Waals surface area (Å²) in [5.41, 5.74) is 0. The van der Waals surface area contributed by atoms with E-state index in [1.807, 2.05) is 12.1 Å². The quantitative estimate of drug-likeness (QED) is 0.204. The molecule has 0 aliphatic carbocycles.